The summed E-state index contributed by atoms with van der Waals surface area (Å²) in [5.41, 5.74) is 3.68. The fourth-order valence-electron chi connectivity index (χ4n) is 3.06. The highest BCUT2D eigenvalue weighted by atomic mass is 16.5. The molecule has 24 heavy (non-hydrogen) atoms. The van der Waals surface area contributed by atoms with E-state index in [0.717, 1.165) is 48.3 Å². The van der Waals surface area contributed by atoms with Gasteiger partial charge in [0.1, 0.15) is 0 Å². The van der Waals surface area contributed by atoms with E-state index in [1.54, 1.807) is 13.3 Å². The van der Waals surface area contributed by atoms with E-state index < -0.39 is 0 Å². The van der Waals surface area contributed by atoms with Crippen LogP contribution in [0.25, 0.3) is 11.3 Å². The molecular formula is C20H24N2O2. The van der Waals surface area contributed by atoms with Crippen molar-refractivity contribution in [3.05, 3.63) is 53.7 Å². The molecule has 1 atom stereocenters. The maximum Gasteiger partial charge on any atom is 0.253 e. The number of carbonyl (C=O) groups excluding carboxylic acids is 1. The summed E-state index contributed by atoms with van der Waals surface area (Å²) in [6.07, 6.45) is 5.21. The fraction of sp³-hybridized carbons (Fsp3) is 0.400. The Kier molecular flexibility index (Phi) is 5.26. The molecule has 1 aliphatic heterocycles. The molecule has 1 saturated heterocycles. The number of rotatable bonds is 4. The molecule has 2 heterocycles. The number of amides is 1. The summed E-state index contributed by atoms with van der Waals surface area (Å²) in [6.45, 7) is 3.74. The Morgan fingerprint density at radius 2 is 1.83 bits per heavy atom. The molecular weight excluding hydrogens is 300 g/mol. The predicted octanol–water partition coefficient (Wildman–Crippen LogP) is 4.08. The van der Waals surface area contributed by atoms with Crippen LogP contribution in [-0.4, -0.2) is 36.0 Å². The summed E-state index contributed by atoms with van der Waals surface area (Å²) in [6, 6.07) is 11.9. The summed E-state index contributed by atoms with van der Waals surface area (Å²) in [4.78, 5) is 19.0. The lowest BCUT2D eigenvalue weighted by Gasteiger charge is -2.26. The van der Waals surface area contributed by atoms with E-state index >= 15 is 0 Å². The first-order chi connectivity index (χ1) is 11.7. The molecule has 1 amide bonds. The number of likely N-dealkylation sites (tertiary alicyclic amines) is 1. The van der Waals surface area contributed by atoms with Gasteiger partial charge >= 0.3 is 0 Å². The van der Waals surface area contributed by atoms with Crippen LogP contribution in [0.1, 0.15) is 48.2 Å². The molecule has 1 fully saturated rings. The Labute approximate surface area is 143 Å². The quantitative estimate of drug-likeness (QED) is 0.851. The van der Waals surface area contributed by atoms with E-state index in [9.17, 15) is 4.79 Å². The van der Waals surface area contributed by atoms with E-state index in [4.69, 9.17) is 4.74 Å². The van der Waals surface area contributed by atoms with Gasteiger partial charge in [0.2, 0.25) is 0 Å². The molecule has 1 aliphatic rings. The number of nitrogens with zero attached hydrogens (tertiary/aromatic N) is 2. The number of aromatic nitrogens is 1. The van der Waals surface area contributed by atoms with Crippen molar-refractivity contribution in [1.82, 2.24) is 9.88 Å². The largest absolute Gasteiger partial charge is 0.377 e. The molecule has 2 aromatic rings. The topological polar surface area (TPSA) is 42.4 Å². The molecule has 1 aromatic carbocycles. The molecule has 3 rings (SSSR count). The summed E-state index contributed by atoms with van der Waals surface area (Å²) < 4.78 is 5.33. The Morgan fingerprint density at radius 1 is 1.12 bits per heavy atom. The number of hydrogen-bond acceptors (Lipinski definition) is 3. The van der Waals surface area contributed by atoms with E-state index in [2.05, 4.69) is 4.98 Å². The van der Waals surface area contributed by atoms with E-state index in [-0.39, 0.29) is 12.0 Å². The first-order valence-electron chi connectivity index (χ1n) is 8.57. The van der Waals surface area contributed by atoms with Gasteiger partial charge in [-0.2, -0.15) is 0 Å². The van der Waals surface area contributed by atoms with E-state index in [0.29, 0.717) is 0 Å². The van der Waals surface area contributed by atoms with Crippen molar-refractivity contribution >= 4 is 5.91 Å². The minimum absolute atomic E-state index is 0.0685. The number of piperidine rings is 1. The molecule has 126 valence electrons. The predicted molar refractivity (Wildman–Crippen MR) is 94.9 cm³/mol. The number of pyridine rings is 1. The van der Waals surface area contributed by atoms with Crippen LogP contribution < -0.4 is 0 Å². The van der Waals surface area contributed by atoms with Crippen LogP contribution in [0.5, 0.6) is 0 Å². The van der Waals surface area contributed by atoms with Crippen molar-refractivity contribution in [3.8, 4) is 11.3 Å². The molecule has 1 unspecified atom stereocenters. The van der Waals surface area contributed by atoms with E-state index in [1.807, 2.05) is 48.2 Å². The van der Waals surface area contributed by atoms with Crippen molar-refractivity contribution in [2.75, 3.05) is 20.2 Å². The monoisotopic (exact) mass is 324 g/mol. The van der Waals surface area contributed by atoms with Gasteiger partial charge in [-0.3, -0.25) is 9.78 Å². The van der Waals surface area contributed by atoms with Gasteiger partial charge in [0.25, 0.3) is 5.91 Å². The number of methoxy groups -OCH3 is 1. The summed E-state index contributed by atoms with van der Waals surface area (Å²) in [5.74, 6) is 0.114. The Bertz CT molecular complexity index is 691. The van der Waals surface area contributed by atoms with Crippen LogP contribution in [0.2, 0.25) is 0 Å². The summed E-state index contributed by atoms with van der Waals surface area (Å²) >= 11 is 0. The van der Waals surface area contributed by atoms with Gasteiger partial charge in [-0.15, -0.1) is 0 Å². The molecule has 4 heteroatoms. The van der Waals surface area contributed by atoms with Gasteiger partial charge in [-0.1, -0.05) is 24.3 Å². The second-order valence-corrected chi connectivity index (χ2v) is 6.28. The molecule has 0 aliphatic carbocycles. The second-order valence-electron chi connectivity index (χ2n) is 6.28. The van der Waals surface area contributed by atoms with Crippen molar-refractivity contribution in [1.29, 1.82) is 0 Å². The third-order valence-corrected chi connectivity index (χ3v) is 4.68. The molecule has 1 aromatic heterocycles. The average molecular weight is 324 g/mol. The van der Waals surface area contributed by atoms with Crippen molar-refractivity contribution in [2.24, 2.45) is 0 Å². The highest BCUT2D eigenvalue weighted by molar-refractivity contribution is 5.95. The van der Waals surface area contributed by atoms with Crippen LogP contribution in [0.15, 0.2) is 42.6 Å². The van der Waals surface area contributed by atoms with Crippen molar-refractivity contribution in [3.63, 3.8) is 0 Å². The first-order valence-corrected chi connectivity index (χ1v) is 8.57. The Hall–Kier alpha value is -2.20. The minimum Gasteiger partial charge on any atom is -0.377 e. The zero-order chi connectivity index (χ0) is 16.9. The number of ether oxygens (including phenoxy) is 1. The van der Waals surface area contributed by atoms with Crippen LogP contribution in [-0.2, 0) is 4.74 Å². The van der Waals surface area contributed by atoms with Crippen LogP contribution in [0, 0.1) is 0 Å². The molecule has 0 radical (unpaired) electrons. The number of hydrogen-bond donors (Lipinski definition) is 0. The maximum absolute atomic E-state index is 12.6. The average Bonchev–Trinajstić information content (AvgIpc) is 2.67. The standard InChI is InChI=1S/C20H24N2O2/c1-15(24-2)16-6-8-17(9-7-16)19-14-18(10-11-21-19)20(23)22-12-4-3-5-13-22/h6-11,14-15H,3-5,12-13H2,1-2H3. The lowest BCUT2D eigenvalue weighted by molar-refractivity contribution is 0.0724. The van der Waals surface area contributed by atoms with Gasteiger partial charge < -0.3 is 9.64 Å². The van der Waals surface area contributed by atoms with Crippen molar-refractivity contribution in [2.45, 2.75) is 32.3 Å². The zero-order valence-corrected chi connectivity index (χ0v) is 14.4. The van der Waals surface area contributed by atoms with E-state index in [1.165, 1.54) is 6.42 Å². The van der Waals surface area contributed by atoms with Gasteiger partial charge in [-0.25, -0.2) is 0 Å². The first kappa shape index (κ1) is 16.7. The smallest absolute Gasteiger partial charge is 0.253 e. The molecule has 0 spiro atoms. The van der Waals surface area contributed by atoms with Gasteiger partial charge in [-0.05, 0) is 43.9 Å². The summed E-state index contributed by atoms with van der Waals surface area (Å²) in [5, 5.41) is 0. The lowest BCUT2D eigenvalue weighted by Crippen LogP contribution is -2.35. The van der Waals surface area contributed by atoms with Crippen LogP contribution >= 0.6 is 0 Å². The lowest BCUT2D eigenvalue weighted by atomic mass is 10.0. The summed E-state index contributed by atoms with van der Waals surface area (Å²) in [7, 11) is 1.70. The Morgan fingerprint density at radius 3 is 2.50 bits per heavy atom. The third-order valence-electron chi connectivity index (χ3n) is 4.68. The SMILES string of the molecule is COC(C)c1ccc(-c2cc(C(=O)N3CCCCC3)ccn2)cc1. The minimum atomic E-state index is 0.0685. The normalized spacial score (nSPS) is 16.0. The van der Waals surface area contributed by atoms with Gasteiger partial charge in [0, 0.05) is 37.5 Å². The number of carbonyl (C=O) groups is 1. The van der Waals surface area contributed by atoms with Gasteiger partial charge in [0.15, 0.2) is 0 Å². The van der Waals surface area contributed by atoms with Gasteiger partial charge in [0.05, 0.1) is 11.8 Å². The second kappa shape index (κ2) is 7.58. The Balaban J connectivity index is 1.81. The maximum atomic E-state index is 12.6. The fourth-order valence-corrected chi connectivity index (χ4v) is 3.06. The zero-order valence-electron chi connectivity index (χ0n) is 14.4. The molecule has 0 saturated carbocycles. The highest BCUT2D eigenvalue weighted by Crippen LogP contribution is 2.23. The highest BCUT2D eigenvalue weighted by Gasteiger charge is 2.18. The molecule has 4 nitrogen and oxygen atoms in total. The van der Waals surface area contributed by atoms with Crippen LogP contribution in [0.4, 0.5) is 0 Å². The number of benzene rings is 1. The third kappa shape index (κ3) is 3.65. The molecule has 0 N–H and O–H groups in total. The van der Waals surface area contributed by atoms with Crippen molar-refractivity contribution < 1.29 is 9.53 Å². The van der Waals surface area contributed by atoms with Crippen LogP contribution in [0.3, 0.4) is 0 Å². The molecule has 0 bridgehead atoms.